The summed E-state index contributed by atoms with van der Waals surface area (Å²) < 4.78 is 12.9. The maximum atomic E-state index is 12.9. The van der Waals surface area contributed by atoms with Crippen molar-refractivity contribution >= 4 is 0 Å². The van der Waals surface area contributed by atoms with Gasteiger partial charge in [-0.25, -0.2) is 4.39 Å². The van der Waals surface area contributed by atoms with Crippen LogP contribution in [-0.2, 0) is 6.54 Å². The highest BCUT2D eigenvalue weighted by Gasteiger charge is 2.17. The van der Waals surface area contributed by atoms with Gasteiger partial charge in [-0.15, -0.1) is 0 Å². The molecule has 1 aliphatic heterocycles. The first kappa shape index (κ1) is 10.4. The molecule has 0 amide bonds. The standard InChI is InChI=1S/C12H16FNO/c13-11-5-7-14(8-6-11)9-10-1-3-12(15)4-2-10/h1-4,11,15H,5-9H2. The van der Waals surface area contributed by atoms with E-state index in [0.717, 1.165) is 19.6 Å². The fraction of sp³-hybridized carbons (Fsp3) is 0.500. The number of hydrogen-bond donors (Lipinski definition) is 1. The van der Waals surface area contributed by atoms with E-state index in [4.69, 9.17) is 5.11 Å². The van der Waals surface area contributed by atoms with E-state index in [1.807, 2.05) is 12.1 Å². The van der Waals surface area contributed by atoms with E-state index in [1.165, 1.54) is 5.56 Å². The molecular weight excluding hydrogens is 193 g/mol. The number of aromatic hydroxyl groups is 1. The van der Waals surface area contributed by atoms with Crippen molar-refractivity contribution in [3.05, 3.63) is 29.8 Å². The summed E-state index contributed by atoms with van der Waals surface area (Å²) in [4.78, 5) is 2.25. The molecule has 0 aliphatic carbocycles. The molecule has 0 aromatic heterocycles. The van der Waals surface area contributed by atoms with Crippen LogP contribution in [0.1, 0.15) is 18.4 Å². The van der Waals surface area contributed by atoms with Crippen molar-refractivity contribution in [2.75, 3.05) is 13.1 Å². The zero-order valence-corrected chi connectivity index (χ0v) is 8.69. The second-order valence-electron chi connectivity index (χ2n) is 4.12. The maximum Gasteiger partial charge on any atom is 0.115 e. The number of nitrogens with zero attached hydrogens (tertiary/aromatic N) is 1. The molecule has 2 nitrogen and oxygen atoms in total. The Balaban J connectivity index is 1.89. The smallest absolute Gasteiger partial charge is 0.115 e. The largest absolute Gasteiger partial charge is 0.508 e. The predicted molar refractivity (Wildman–Crippen MR) is 57.5 cm³/mol. The zero-order valence-electron chi connectivity index (χ0n) is 8.69. The van der Waals surface area contributed by atoms with Gasteiger partial charge in [-0.2, -0.15) is 0 Å². The van der Waals surface area contributed by atoms with Crippen LogP contribution in [0.2, 0.25) is 0 Å². The molecule has 1 N–H and O–H groups in total. The molecule has 0 spiro atoms. The minimum atomic E-state index is -0.610. The summed E-state index contributed by atoms with van der Waals surface area (Å²) in [6.45, 7) is 2.52. The number of hydrogen-bond acceptors (Lipinski definition) is 2. The fourth-order valence-electron chi connectivity index (χ4n) is 1.92. The first-order valence-corrected chi connectivity index (χ1v) is 5.38. The van der Waals surface area contributed by atoms with E-state index in [9.17, 15) is 4.39 Å². The second kappa shape index (κ2) is 4.62. The minimum Gasteiger partial charge on any atom is -0.508 e. The van der Waals surface area contributed by atoms with Crippen LogP contribution in [0.25, 0.3) is 0 Å². The van der Waals surface area contributed by atoms with Gasteiger partial charge in [-0.3, -0.25) is 4.90 Å². The van der Waals surface area contributed by atoms with Crippen molar-refractivity contribution < 1.29 is 9.50 Å². The number of alkyl halides is 1. The Morgan fingerprint density at radius 1 is 1.20 bits per heavy atom. The lowest BCUT2D eigenvalue weighted by molar-refractivity contribution is 0.145. The average molecular weight is 209 g/mol. The third-order valence-electron chi connectivity index (χ3n) is 2.86. The Kier molecular flexibility index (Phi) is 3.21. The molecule has 0 saturated carbocycles. The number of halogens is 1. The van der Waals surface area contributed by atoms with Crippen molar-refractivity contribution in [3.8, 4) is 5.75 Å². The van der Waals surface area contributed by atoms with E-state index >= 15 is 0 Å². The number of likely N-dealkylation sites (tertiary alicyclic amines) is 1. The average Bonchev–Trinajstić information content (AvgIpc) is 2.25. The highest BCUT2D eigenvalue weighted by Crippen LogP contribution is 2.17. The summed E-state index contributed by atoms with van der Waals surface area (Å²) in [7, 11) is 0. The maximum absolute atomic E-state index is 12.9. The van der Waals surface area contributed by atoms with E-state index in [0.29, 0.717) is 18.6 Å². The van der Waals surface area contributed by atoms with Gasteiger partial charge in [-0.05, 0) is 30.5 Å². The van der Waals surface area contributed by atoms with Gasteiger partial charge in [-0.1, -0.05) is 12.1 Å². The lowest BCUT2D eigenvalue weighted by atomic mass is 10.1. The number of phenols is 1. The minimum absolute atomic E-state index is 0.293. The van der Waals surface area contributed by atoms with E-state index in [-0.39, 0.29) is 0 Å². The van der Waals surface area contributed by atoms with Crippen molar-refractivity contribution in [1.29, 1.82) is 0 Å². The molecule has 1 aromatic carbocycles. The van der Waals surface area contributed by atoms with Gasteiger partial charge < -0.3 is 5.11 Å². The number of piperidine rings is 1. The van der Waals surface area contributed by atoms with Crippen molar-refractivity contribution in [1.82, 2.24) is 4.90 Å². The second-order valence-corrected chi connectivity index (χ2v) is 4.12. The molecule has 0 bridgehead atoms. The third kappa shape index (κ3) is 2.93. The molecule has 15 heavy (non-hydrogen) atoms. The van der Waals surface area contributed by atoms with Gasteiger partial charge in [0.1, 0.15) is 11.9 Å². The quantitative estimate of drug-likeness (QED) is 0.808. The van der Waals surface area contributed by atoms with Gasteiger partial charge in [0.05, 0.1) is 0 Å². The normalized spacial score (nSPS) is 19.3. The number of rotatable bonds is 2. The van der Waals surface area contributed by atoms with Crippen LogP contribution >= 0.6 is 0 Å². The fourth-order valence-corrected chi connectivity index (χ4v) is 1.92. The first-order valence-electron chi connectivity index (χ1n) is 5.38. The number of benzene rings is 1. The Morgan fingerprint density at radius 3 is 2.40 bits per heavy atom. The molecule has 1 aromatic rings. The first-order chi connectivity index (χ1) is 7.24. The van der Waals surface area contributed by atoms with Crippen LogP contribution < -0.4 is 0 Å². The van der Waals surface area contributed by atoms with E-state index < -0.39 is 6.17 Å². The van der Waals surface area contributed by atoms with Gasteiger partial charge in [0.2, 0.25) is 0 Å². The Bertz CT molecular complexity index is 304. The summed E-state index contributed by atoms with van der Waals surface area (Å²) in [6, 6.07) is 7.21. The molecule has 0 radical (unpaired) electrons. The van der Waals surface area contributed by atoms with Crippen LogP contribution in [0, 0.1) is 0 Å². The van der Waals surface area contributed by atoms with Crippen LogP contribution in [0.4, 0.5) is 4.39 Å². The molecule has 0 unspecified atom stereocenters. The summed E-state index contributed by atoms with van der Waals surface area (Å²) in [5, 5.41) is 9.13. The third-order valence-corrected chi connectivity index (χ3v) is 2.86. The van der Waals surface area contributed by atoms with Gasteiger partial charge in [0.25, 0.3) is 0 Å². The Hall–Kier alpha value is -1.09. The van der Waals surface area contributed by atoms with Gasteiger partial charge in [0.15, 0.2) is 0 Å². The highest BCUT2D eigenvalue weighted by atomic mass is 19.1. The predicted octanol–water partition coefficient (Wildman–Crippen LogP) is 2.33. The molecular formula is C12H16FNO. The summed E-state index contributed by atoms with van der Waals surface area (Å²) in [5.41, 5.74) is 1.17. The molecule has 1 aliphatic rings. The van der Waals surface area contributed by atoms with Crippen LogP contribution in [0.5, 0.6) is 5.75 Å². The van der Waals surface area contributed by atoms with Crippen molar-refractivity contribution in [3.63, 3.8) is 0 Å². The summed E-state index contributed by atoms with van der Waals surface area (Å²) >= 11 is 0. The van der Waals surface area contributed by atoms with E-state index in [2.05, 4.69) is 4.90 Å². The molecule has 82 valence electrons. The van der Waals surface area contributed by atoms with Gasteiger partial charge >= 0.3 is 0 Å². The van der Waals surface area contributed by atoms with Crippen LogP contribution in [0.15, 0.2) is 24.3 Å². The monoisotopic (exact) mass is 209 g/mol. The van der Waals surface area contributed by atoms with E-state index in [1.54, 1.807) is 12.1 Å². The lowest BCUT2D eigenvalue weighted by Crippen LogP contribution is -2.33. The molecule has 1 heterocycles. The molecule has 2 rings (SSSR count). The van der Waals surface area contributed by atoms with Crippen molar-refractivity contribution in [2.24, 2.45) is 0 Å². The van der Waals surface area contributed by atoms with Crippen LogP contribution in [0.3, 0.4) is 0 Å². The lowest BCUT2D eigenvalue weighted by Gasteiger charge is -2.28. The van der Waals surface area contributed by atoms with Crippen LogP contribution in [-0.4, -0.2) is 29.3 Å². The Morgan fingerprint density at radius 2 is 1.80 bits per heavy atom. The topological polar surface area (TPSA) is 23.5 Å². The molecule has 1 saturated heterocycles. The molecule has 0 atom stereocenters. The summed E-state index contributed by atoms with van der Waals surface area (Å²) in [5.74, 6) is 0.293. The highest BCUT2D eigenvalue weighted by molar-refractivity contribution is 5.25. The molecule has 3 heteroatoms. The van der Waals surface area contributed by atoms with Crippen molar-refractivity contribution in [2.45, 2.75) is 25.6 Å². The zero-order chi connectivity index (χ0) is 10.7. The summed E-state index contributed by atoms with van der Waals surface area (Å²) in [6.07, 6.45) is 0.692. The SMILES string of the molecule is Oc1ccc(CN2CCC(F)CC2)cc1. The Labute approximate surface area is 89.3 Å². The molecule has 1 fully saturated rings. The number of phenolic OH excluding ortho intramolecular Hbond substituents is 1. The van der Waals surface area contributed by atoms with Gasteiger partial charge in [0, 0.05) is 19.6 Å².